The van der Waals surface area contributed by atoms with Gasteiger partial charge in [-0.15, -0.1) is 0 Å². The number of anilines is 1. The fourth-order valence-corrected chi connectivity index (χ4v) is 5.74. The second-order valence-corrected chi connectivity index (χ2v) is 9.90. The Balaban J connectivity index is 1.70. The molecule has 2 heterocycles. The molecule has 1 atom stereocenters. The predicted octanol–water partition coefficient (Wildman–Crippen LogP) is 5.90. The molecule has 1 saturated heterocycles. The Labute approximate surface area is 230 Å². The van der Waals surface area contributed by atoms with Gasteiger partial charge in [0.1, 0.15) is 11.5 Å². The summed E-state index contributed by atoms with van der Waals surface area (Å²) in [6.45, 7) is 4.45. The van der Waals surface area contributed by atoms with Crippen LogP contribution in [-0.4, -0.2) is 42.6 Å². The molecule has 0 aliphatic carbocycles. The molecule has 3 aromatic carbocycles. The maximum absolute atomic E-state index is 13.6. The predicted molar refractivity (Wildman–Crippen MR) is 151 cm³/mol. The maximum Gasteiger partial charge on any atom is 0.301 e. The summed E-state index contributed by atoms with van der Waals surface area (Å²) in [4.78, 5) is 33.2. The van der Waals surface area contributed by atoms with E-state index in [1.54, 1.807) is 42.5 Å². The number of nitrogens with zero attached hydrogens (tertiary/aromatic N) is 2. The first kappa shape index (κ1) is 26.2. The summed E-state index contributed by atoms with van der Waals surface area (Å²) in [5.74, 6) is -0.290. The molecule has 1 fully saturated rings. The average Bonchev–Trinajstić information content (AvgIpc) is 3.50. The minimum Gasteiger partial charge on any atom is -0.507 e. The highest BCUT2D eigenvalue weighted by Crippen LogP contribution is 2.46. The number of methoxy groups -OCH3 is 2. The molecule has 1 aliphatic heterocycles. The Kier molecular flexibility index (Phi) is 7.26. The largest absolute Gasteiger partial charge is 0.507 e. The lowest BCUT2D eigenvalue weighted by Gasteiger charge is -2.23. The van der Waals surface area contributed by atoms with Crippen LogP contribution in [0.4, 0.5) is 5.13 Å². The Morgan fingerprint density at radius 3 is 2.38 bits per heavy atom. The number of benzene rings is 3. The van der Waals surface area contributed by atoms with Crippen molar-refractivity contribution in [2.24, 2.45) is 0 Å². The van der Waals surface area contributed by atoms with Crippen molar-refractivity contribution >= 4 is 44.1 Å². The molecule has 0 bridgehead atoms. The minimum atomic E-state index is -0.942. The quantitative estimate of drug-likeness (QED) is 0.168. The fraction of sp³-hybridized carbons (Fsp3) is 0.233. The van der Waals surface area contributed by atoms with Gasteiger partial charge in [-0.2, -0.15) is 0 Å². The normalized spacial score (nSPS) is 16.6. The van der Waals surface area contributed by atoms with Crippen LogP contribution >= 0.6 is 11.3 Å². The van der Waals surface area contributed by atoms with E-state index in [0.717, 1.165) is 22.2 Å². The lowest BCUT2D eigenvalue weighted by Crippen LogP contribution is -2.29. The van der Waals surface area contributed by atoms with Crippen LogP contribution in [0.1, 0.15) is 36.6 Å². The third kappa shape index (κ3) is 4.70. The van der Waals surface area contributed by atoms with Crippen LogP contribution < -0.4 is 19.1 Å². The number of fused-ring (bicyclic) bond motifs is 1. The lowest BCUT2D eigenvalue weighted by atomic mass is 9.95. The van der Waals surface area contributed by atoms with Crippen molar-refractivity contribution in [2.45, 2.75) is 26.3 Å². The number of rotatable bonds is 8. The van der Waals surface area contributed by atoms with Gasteiger partial charge in [0.2, 0.25) is 0 Å². The number of thiazole rings is 1. The van der Waals surface area contributed by atoms with E-state index in [1.165, 1.54) is 30.5 Å². The molecule has 5 rings (SSSR count). The van der Waals surface area contributed by atoms with E-state index >= 15 is 0 Å². The number of Topliss-reactive ketones (excluding diaryl/α,β-unsaturated/α-hetero) is 1. The van der Waals surface area contributed by atoms with Gasteiger partial charge >= 0.3 is 5.91 Å². The van der Waals surface area contributed by atoms with Gasteiger partial charge in [-0.05, 0) is 73.0 Å². The van der Waals surface area contributed by atoms with Crippen molar-refractivity contribution in [1.29, 1.82) is 0 Å². The first-order valence-electron chi connectivity index (χ1n) is 12.6. The lowest BCUT2D eigenvalue weighted by molar-refractivity contribution is -0.132. The Morgan fingerprint density at radius 2 is 1.72 bits per heavy atom. The second-order valence-electron chi connectivity index (χ2n) is 8.89. The number of amides is 1. The van der Waals surface area contributed by atoms with Gasteiger partial charge in [-0.25, -0.2) is 4.98 Å². The number of ether oxygens (including phenoxy) is 3. The van der Waals surface area contributed by atoms with Crippen molar-refractivity contribution in [2.75, 3.05) is 25.7 Å². The molecule has 8 nitrogen and oxygen atoms in total. The van der Waals surface area contributed by atoms with Gasteiger partial charge in [-0.1, -0.05) is 30.4 Å². The Bertz CT molecular complexity index is 1590. The van der Waals surface area contributed by atoms with E-state index in [0.29, 0.717) is 40.1 Å². The zero-order chi connectivity index (χ0) is 27.7. The fourth-order valence-electron chi connectivity index (χ4n) is 4.68. The monoisotopic (exact) mass is 544 g/mol. The molecule has 4 aromatic rings. The van der Waals surface area contributed by atoms with Gasteiger partial charge in [0, 0.05) is 5.56 Å². The van der Waals surface area contributed by atoms with Crippen LogP contribution in [0.5, 0.6) is 17.2 Å². The molecular formula is C30H28N2O6S. The summed E-state index contributed by atoms with van der Waals surface area (Å²) < 4.78 is 17.3. The SMILES string of the molecule is CCOc1ccc(C(O)=C2C(=O)C(=O)N(c3nc4ccc(CC)cc4s3)C2c2ccc(OC)c(OC)c2)cc1. The van der Waals surface area contributed by atoms with Crippen LogP contribution in [0.3, 0.4) is 0 Å². The molecule has 39 heavy (non-hydrogen) atoms. The summed E-state index contributed by atoms with van der Waals surface area (Å²) in [5.41, 5.74) is 2.79. The molecule has 1 aliphatic rings. The number of hydrogen-bond donors (Lipinski definition) is 1. The topological polar surface area (TPSA) is 98.2 Å². The molecule has 1 unspecified atom stereocenters. The third-order valence-electron chi connectivity index (χ3n) is 6.66. The van der Waals surface area contributed by atoms with E-state index in [1.807, 2.05) is 25.1 Å². The van der Waals surface area contributed by atoms with E-state index in [9.17, 15) is 14.7 Å². The summed E-state index contributed by atoms with van der Waals surface area (Å²) in [7, 11) is 3.04. The van der Waals surface area contributed by atoms with Crippen molar-refractivity contribution in [1.82, 2.24) is 4.98 Å². The molecule has 9 heteroatoms. The Hall–Kier alpha value is -4.37. The molecule has 0 spiro atoms. The molecule has 1 aromatic heterocycles. The number of carbonyl (C=O) groups excluding carboxylic acids is 2. The first-order chi connectivity index (χ1) is 18.9. The zero-order valence-electron chi connectivity index (χ0n) is 22.1. The van der Waals surface area contributed by atoms with Gasteiger partial charge in [-0.3, -0.25) is 14.5 Å². The third-order valence-corrected chi connectivity index (χ3v) is 7.68. The summed E-state index contributed by atoms with van der Waals surface area (Å²) in [6.07, 6.45) is 0.863. The van der Waals surface area contributed by atoms with E-state index < -0.39 is 17.7 Å². The smallest absolute Gasteiger partial charge is 0.301 e. The standard InChI is InChI=1S/C30H28N2O6S/c1-5-17-7-13-21-24(15-17)39-30(31-21)32-26(19-10-14-22(36-3)23(16-19)37-4)25(28(34)29(32)35)27(33)18-8-11-20(12-9-18)38-6-2/h7-16,26,33H,5-6H2,1-4H3. The van der Waals surface area contributed by atoms with Crippen LogP contribution in [0.15, 0.2) is 66.2 Å². The van der Waals surface area contributed by atoms with Crippen molar-refractivity contribution in [3.05, 3.63) is 82.9 Å². The van der Waals surface area contributed by atoms with Crippen LogP contribution in [-0.2, 0) is 16.0 Å². The van der Waals surface area contributed by atoms with Crippen molar-refractivity contribution in [3.8, 4) is 17.2 Å². The van der Waals surface area contributed by atoms with Crippen molar-refractivity contribution in [3.63, 3.8) is 0 Å². The molecule has 0 radical (unpaired) electrons. The number of ketones is 1. The van der Waals surface area contributed by atoms with E-state index in [4.69, 9.17) is 19.2 Å². The maximum atomic E-state index is 13.6. The van der Waals surface area contributed by atoms with Crippen LogP contribution in [0.25, 0.3) is 16.0 Å². The molecule has 1 N–H and O–H groups in total. The summed E-state index contributed by atoms with van der Waals surface area (Å²) >= 11 is 1.33. The van der Waals surface area contributed by atoms with Gasteiger partial charge in [0.15, 0.2) is 16.6 Å². The van der Waals surface area contributed by atoms with E-state index in [2.05, 4.69) is 6.92 Å². The molecule has 0 saturated carbocycles. The molecule has 200 valence electrons. The number of aryl methyl sites for hydroxylation is 1. The second kappa shape index (κ2) is 10.8. The number of carbonyl (C=O) groups is 2. The van der Waals surface area contributed by atoms with Crippen LogP contribution in [0.2, 0.25) is 0 Å². The minimum absolute atomic E-state index is 0.0371. The molecular weight excluding hydrogens is 516 g/mol. The highest BCUT2D eigenvalue weighted by Gasteiger charge is 2.48. The van der Waals surface area contributed by atoms with Crippen molar-refractivity contribution < 1.29 is 28.9 Å². The summed E-state index contributed by atoms with van der Waals surface area (Å²) in [6, 6.07) is 16.9. The highest BCUT2D eigenvalue weighted by molar-refractivity contribution is 7.22. The number of aliphatic hydroxyl groups excluding tert-OH is 1. The number of aromatic nitrogens is 1. The number of aliphatic hydroxyl groups is 1. The molecule has 1 amide bonds. The average molecular weight is 545 g/mol. The van der Waals surface area contributed by atoms with Crippen LogP contribution in [0, 0.1) is 0 Å². The number of hydrogen-bond acceptors (Lipinski definition) is 8. The van der Waals surface area contributed by atoms with Gasteiger partial charge in [0.05, 0.1) is 42.7 Å². The van der Waals surface area contributed by atoms with E-state index in [-0.39, 0.29) is 11.3 Å². The highest BCUT2D eigenvalue weighted by atomic mass is 32.1. The van der Waals surface area contributed by atoms with Gasteiger partial charge < -0.3 is 19.3 Å². The summed E-state index contributed by atoms with van der Waals surface area (Å²) in [5, 5.41) is 11.8. The Morgan fingerprint density at radius 1 is 0.974 bits per heavy atom. The zero-order valence-corrected chi connectivity index (χ0v) is 22.9. The first-order valence-corrected chi connectivity index (χ1v) is 13.4. The van der Waals surface area contributed by atoms with Gasteiger partial charge in [0.25, 0.3) is 5.78 Å².